The lowest BCUT2D eigenvalue weighted by Gasteiger charge is -2.42. The third kappa shape index (κ3) is 4.59. The van der Waals surface area contributed by atoms with Crippen LogP contribution in [0, 0.1) is 0 Å². The second kappa shape index (κ2) is 10.0. The molecular formula is C29H32N2O4. The molecule has 1 aromatic heterocycles. The summed E-state index contributed by atoms with van der Waals surface area (Å²) in [6.07, 6.45) is 0.251. The van der Waals surface area contributed by atoms with E-state index in [0.29, 0.717) is 18.0 Å². The van der Waals surface area contributed by atoms with Gasteiger partial charge in [0.05, 0.1) is 20.3 Å². The summed E-state index contributed by atoms with van der Waals surface area (Å²) in [6.45, 7) is 2.93. The lowest BCUT2D eigenvalue weighted by Crippen LogP contribution is -2.47. The lowest BCUT2D eigenvalue weighted by atomic mass is 9.88. The van der Waals surface area contributed by atoms with Crippen LogP contribution in [-0.4, -0.2) is 54.5 Å². The van der Waals surface area contributed by atoms with Crippen molar-refractivity contribution < 1.29 is 19.3 Å². The number of nitrogens with zero attached hydrogens (tertiary/aromatic N) is 1. The van der Waals surface area contributed by atoms with Gasteiger partial charge in [0.25, 0.3) is 0 Å². The Morgan fingerprint density at radius 3 is 2.49 bits per heavy atom. The Balaban J connectivity index is 1.51. The van der Waals surface area contributed by atoms with Crippen LogP contribution in [0.25, 0.3) is 10.9 Å². The number of aliphatic hydroxyl groups excluding tert-OH is 1. The fourth-order valence-electron chi connectivity index (χ4n) is 5.18. The van der Waals surface area contributed by atoms with Crippen molar-refractivity contribution in [1.29, 1.82) is 0 Å². The highest BCUT2D eigenvalue weighted by atomic mass is 16.5. The third-order valence-corrected chi connectivity index (χ3v) is 6.85. The summed E-state index contributed by atoms with van der Waals surface area (Å²) in [4.78, 5) is 6.04. The van der Waals surface area contributed by atoms with Gasteiger partial charge in [0.15, 0.2) is 11.5 Å². The first-order valence-corrected chi connectivity index (χ1v) is 12.0. The van der Waals surface area contributed by atoms with Gasteiger partial charge < -0.3 is 24.3 Å². The second-order valence-corrected chi connectivity index (χ2v) is 9.11. The Morgan fingerprint density at radius 2 is 1.71 bits per heavy atom. The molecule has 1 aliphatic heterocycles. The second-order valence-electron chi connectivity index (χ2n) is 9.11. The Morgan fingerprint density at radius 1 is 0.971 bits per heavy atom. The number of benzene rings is 3. The number of aliphatic hydroxyl groups is 1. The first-order chi connectivity index (χ1) is 17.1. The van der Waals surface area contributed by atoms with E-state index in [4.69, 9.17) is 14.2 Å². The maximum Gasteiger partial charge on any atom is 0.161 e. The average molecular weight is 473 g/mol. The monoisotopic (exact) mass is 472 g/mol. The van der Waals surface area contributed by atoms with Crippen molar-refractivity contribution in [3.05, 3.63) is 89.6 Å². The van der Waals surface area contributed by atoms with Crippen LogP contribution in [0.3, 0.4) is 0 Å². The fourth-order valence-corrected chi connectivity index (χ4v) is 5.18. The van der Waals surface area contributed by atoms with E-state index in [0.717, 1.165) is 28.9 Å². The van der Waals surface area contributed by atoms with Gasteiger partial charge in [-0.3, -0.25) is 4.90 Å². The van der Waals surface area contributed by atoms with Gasteiger partial charge in [-0.25, -0.2) is 0 Å². The zero-order chi connectivity index (χ0) is 24.4. The third-order valence-electron chi connectivity index (χ3n) is 6.85. The molecular weight excluding hydrogens is 440 g/mol. The molecule has 0 saturated heterocycles. The molecule has 0 aliphatic carbocycles. The van der Waals surface area contributed by atoms with Crippen LogP contribution in [0.1, 0.15) is 29.8 Å². The molecule has 2 N–H and O–H groups in total. The van der Waals surface area contributed by atoms with Crippen molar-refractivity contribution in [1.82, 2.24) is 9.88 Å². The number of nitrogens with one attached hydrogen (secondary N) is 1. The van der Waals surface area contributed by atoms with E-state index in [1.165, 1.54) is 10.9 Å². The van der Waals surface area contributed by atoms with Crippen molar-refractivity contribution in [2.45, 2.75) is 31.5 Å². The molecule has 6 heteroatoms. The Kier molecular flexibility index (Phi) is 6.66. The van der Waals surface area contributed by atoms with E-state index >= 15 is 0 Å². The van der Waals surface area contributed by atoms with Crippen LogP contribution in [0.15, 0.2) is 72.8 Å². The number of hydrogen-bond acceptors (Lipinski definition) is 5. The normalized spacial score (nSPS) is 18.7. The zero-order valence-corrected chi connectivity index (χ0v) is 20.4. The molecule has 0 bridgehead atoms. The predicted octanol–water partition coefficient (Wildman–Crippen LogP) is 4.96. The molecule has 0 spiro atoms. The van der Waals surface area contributed by atoms with Crippen molar-refractivity contribution in [2.75, 3.05) is 27.4 Å². The number of fused-ring (bicyclic) bond motifs is 3. The Bertz CT molecular complexity index is 1290. The van der Waals surface area contributed by atoms with Gasteiger partial charge in [0.2, 0.25) is 0 Å². The van der Waals surface area contributed by atoms with Crippen LogP contribution >= 0.6 is 0 Å². The quantitative estimate of drug-likeness (QED) is 0.379. The van der Waals surface area contributed by atoms with Crippen LogP contribution in [0.4, 0.5) is 0 Å². The molecule has 182 valence electrons. The standard InChI is InChI=1S/C29H32N2O4/c1-19-15-24-23-11-7-8-12-25(23)30-28(24)29(20-13-14-26(33-2)27(16-20)34-3)31(19)17-21(32)18-35-22-9-5-4-6-10-22/h4-14,16,19,21,29-30,32H,15,17-18H2,1-3H3/t19-,21+,29-/m1/s1. The van der Waals surface area contributed by atoms with E-state index in [1.807, 2.05) is 42.5 Å². The van der Waals surface area contributed by atoms with Gasteiger partial charge in [0.1, 0.15) is 18.5 Å². The molecule has 5 rings (SSSR count). The van der Waals surface area contributed by atoms with Crippen molar-refractivity contribution >= 4 is 10.9 Å². The molecule has 3 aromatic carbocycles. The minimum Gasteiger partial charge on any atom is -0.493 e. The van der Waals surface area contributed by atoms with Crippen LogP contribution in [0.5, 0.6) is 17.2 Å². The largest absolute Gasteiger partial charge is 0.493 e. The van der Waals surface area contributed by atoms with Crippen LogP contribution in [-0.2, 0) is 6.42 Å². The topological polar surface area (TPSA) is 67.0 Å². The summed E-state index contributed by atoms with van der Waals surface area (Å²) < 4.78 is 17.0. The van der Waals surface area contributed by atoms with Gasteiger partial charge in [-0.05, 0) is 54.8 Å². The molecule has 1 aliphatic rings. The number of ether oxygens (including phenoxy) is 3. The number of rotatable bonds is 8. The molecule has 0 amide bonds. The van der Waals surface area contributed by atoms with Crippen molar-refractivity contribution in [2.24, 2.45) is 0 Å². The highest BCUT2D eigenvalue weighted by molar-refractivity contribution is 5.85. The molecule has 35 heavy (non-hydrogen) atoms. The van der Waals surface area contributed by atoms with E-state index in [9.17, 15) is 5.11 Å². The van der Waals surface area contributed by atoms with E-state index in [1.54, 1.807) is 14.2 Å². The number of aromatic amines is 1. The maximum atomic E-state index is 11.0. The maximum absolute atomic E-state index is 11.0. The highest BCUT2D eigenvalue weighted by Gasteiger charge is 2.37. The summed E-state index contributed by atoms with van der Waals surface area (Å²) in [5, 5.41) is 12.3. The highest BCUT2D eigenvalue weighted by Crippen LogP contribution is 2.42. The first kappa shape index (κ1) is 23.3. The van der Waals surface area contributed by atoms with Gasteiger partial charge >= 0.3 is 0 Å². The number of β-amino-alcohol motifs (C(OH)–C–C–N with tert-alkyl or cyclic N) is 1. The van der Waals surface area contributed by atoms with Gasteiger partial charge in [-0.15, -0.1) is 0 Å². The van der Waals surface area contributed by atoms with Crippen LogP contribution in [0.2, 0.25) is 0 Å². The molecule has 2 heterocycles. The van der Waals surface area contributed by atoms with Crippen molar-refractivity contribution in [3.63, 3.8) is 0 Å². The Labute approximate surface area is 206 Å². The summed E-state index contributed by atoms with van der Waals surface area (Å²) in [5.74, 6) is 2.14. The van der Waals surface area contributed by atoms with Gasteiger partial charge in [-0.2, -0.15) is 0 Å². The predicted molar refractivity (Wildman–Crippen MR) is 138 cm³/mol. The number of H-pyrrole nitrogens is 1. The smallest absolute Gasteiger partial charge is 0.161 e. The van der Waals surface area contributed by atoms with Crippen molar-refractivity contribution in [3.8, 4) is 17.2 Å². The molecule has 0 unspecified atom stereocenters. The average Bonchev–Trinajstić information content (AvgIpc) is 3.26. The molecule has 0 radical (unpaired) electrons. The van der Waals surface area contributed by atoms with E-state index < -0.39 is 6.10 Å². The summed E-state index contributed by atoms with van der Waals surface area (Å²) >= 11 is 0. The number of aromatic nitrogens is 1. The van der Waals surface area contributed by atoms with Crippen LogP contribution < -0.4 is 14.2 Å². The number of para-hydroxylation sites is 2. The summed E-state index contributed by atoms with van der Waals surface area (Å²) in [6, 6.07) is 24.3. The molecule has 4 aromatic rings. The molecule has 0 saturated carbocycles. The van der Waals surface area contributed by atoms with E-state index in [-0.39, 0.29) is 18.7 Å². The molecule has 0 fully saturated rings. The first-order valence-electron chi connectivity index (χ1n) is 12.0. The summed E-state index contributed by atoms with van der Waals surface area (Å²) in [5.41, 5.74) is 4.70. The molecule has 3 atom stereocenters. The lowest BCUT2D eigenvalue weighted by molar-refractivity contribution is 0.0364. The minimum atomic E-state index is -0.647. The van der Waals surface area contributed by atoms with E-state index in [2.05, 4.69) is 47.1 Å². The number of methoxy groups -OCH3 is 2. The fraction of sp³-hybridized carbons (Fsp3) is 0.310. The zero-order valence-electron chi connectivity index (χ0n) is 20.4. The van der Waals surface area contributed by atoms with Gasteiger partial charge in [-0.1, -0.05) is 42.5 Å². The SMILES string of the molecule is COc1ccc([C@@H]2c3[nH]c4ccccc4c3C[C@@H](C)N2C[C@H](O)COc2ccccc2)cc1OC. The number of hydrogen-bond donors (Lipinski definition) is 2. The molecule has 6 nitrogen and oxygen atoms in total. The minimum absolute atomic E-state index is 0.0765. The Hall–Kier alpha value is -3.48. The van der Waals surface area contributed by atoms with Gasteiger partial charge in [0, 0.05) is 29.2 Å². The summed E-state index contributed by atoms with van der Waals surface area (Å²) in [7, 11) is 3.30.